The fourth-order valence-electron chi connectivity index (χ4n) is 0.596. The van der Waals surface area contributed by atoms with Crippen LogP contribution in [0.2, 0.25) is 0 Å². The van der Waals surface area contributed by atoms with E-state index in [1.807, 2.05) is 12.1 Å². The molecule has 0 aliphatic heterocycles. The average Bonchev–Trinajstić information content (AvgIpc) is 2.05. The Balaban J connectivity index is 4.67. The van der Waals surface area contributed by atoms with E-state index in [0.717, 1.165) is 0 Å². The Morgan fingerprint density at radius 2 is 1.82 bits per heavy atom. The van der Waals surface area contributed by atoms with Gasteiger partial charge >= 0.3 is 0 Å². The van der Waals surface area contributed by atoms with E-state index in [1.54, 1.807) is 6.08 Å². The van der Waals surface area contributed by atoms with Gasteiger partial charge in [0.15, 0.2) is 5.92 Å². The third-order valence-corrected chi connectivity index (χ3v) is 1.14. The highest BCUT2D eigenvalue weighted by molar-refractivity contribution is 5.32. The van der Waals surface area contributed by atoms with Crippen LogP contribution in [-0.4, -0.2) is 0 Å². The van der Waals surface area contributed by atoms with Crippen molar-refractivity contribution in [1.29, 1.82) is 10.5 Å². The summed E-state index contributed by atoms with van der Waals surface area (Å²) in [6.07, 6.45) is 4.61. The predicted octanol–water partition coefficient (Wildman–Crippen LogP) is 1.95. The summed E-state index contributed by atoms with van der Waals surface area (Å²) in [5, 5.41) is 16.9. The summed E-state index contributed by atoms with van der Waals surface area (Å²) in [6.45, 7) is 6.93. The van der Waals surface area contributed by atoms with Crippen LogP contribution in [0.25, 0.3) is 0 Å². The highest BCUT2D eigenvalue weighted by Crippen LogP contribution is 2.09. The van der Waals surface area contributed by atoms with Crippen molar-refractivity contribution in [3.8, 4) is 12.1 Å². The second-order valence-electron chi connectivity index (χ2n) is 1.80. The van der Waals surface area contributed by atoms with E-state index in [1.165, 1.54) is 12.2 Å². The largest absolute Gasteiger partial charge is 0.196 e. The molecule has 2 nitrogen and oxygen atoms in total. The summed E-state index contributed by atoms with van der Waals surface area (Å²) in [6, 6.07) is 3.68. The van der Waals surface area contributed by atoms with Crippen LogP contribution in [0, 0.1) is 28.6 Å². The summed E-state index contributed by atoms with van der Waals surface area (Å²) >= 11 is 0. The zero-order chi connectivity index (χ0) is 8.69. The van der Waals surface area contributed by atoms with Gasteiger partial charge < -0.3 is 0 Å². The highest BCUT2D eigenvalue weighted by Gasteiger charge is 2.07. The molecular weight excluding hydrogens is 136 g/mol. The Bertz CT molecular complexity index is 246. The van der Waals surface area contributed by atoms with E-state index < -0.39 is 5.92 Å². The molecule has 0 saturated carbocycles. The first kappa shape index (κ1) is 9.20. The van der Waals surface area contributed by atoms with Gasteiger partial charge in [-0.05, 0) is 5.57 Å². The maximum atomic E-state index is 8.46. The molecule has 0 radical (unpaired) electrons. The molecule has 0 rings (SSSR count). The Morgan fingerprint density at radius 3 is 2.09 bits per heavy atom. The minimum absolute atomic E-state index is 0.588. The van der Waals surface area contributed by atoms with Crippen LogP contribution in [0.15, 0.2) is 37.0 Å². The molecule has 0 aromatic heterocycles. The molecular formula is C9H8N2. The quantitative estimate of drug-likeness (QED) is 0.568. The summed E-state index contributed by atoms with van der Waals surface area (Å²) in [5.41, 5.74) is 0.588. The maximum absolute atomic E-state index is 8.46. The van der Waals surface area contributed by atoms with Gasteiger partial charge in [0.1, 0.15) is 0 Å². The lowest BCUT2D eigenvalue weighted by Crippen LogP contribution is -1.94. The average molecular weight is 144 g/mol. The summed E-state index contributed by atoms with van der Waals surface area (Å²) in [4.78, 5) is 0. The highest BCUT2D eigenvalue weighted by atomic mass is 14.3. The third-order valence-electron chi connectivity index (χ3n) is 1.14. The number of hydrogen-bond acceptors (Lipinski definition) is 2. The molecule has 0 spiro atoms. The molecule has 11 heavy (non-hydrogen) atoms. The molecule has 0 aromatic carbocycles. The van der Waals surface area contributed by atoms with Gasteiger partial charge in [0.2, 0.25) is 0 Å². The third kappa shape index (κ3) is 2.51. The lowest BCUT2D eigenvalue weighted by atomic mass is 10.0. The molecule has 2 heteroatoms. The van der Waals surface area contributed by atoms with Gasteiger partial charge in [-0.15, -0.1) is 0 Å². The van der Waals surface area contributed by atoms with Crippen LogP contribution in [0.5, 0.6) is 0 Å². The predicted molar refractivity (Wildman–Crippen MR) is 43.2 cm³/mol. The minimum atomic E-state index is -0.731. The zero-order valence-electron chi connectivity index (χ0n) is 6.12. The van der Waals surface area contributed by atoms with E-state index in [0.29, 0.717) is 5.57 Å². The molecule has 0 bridgehead atoms. The fourth-order valence-corrected chi connectivity index (χ4v) is 0.596. The van der Waals surface area contributed by atoms with Crippen molar-refractivity contribution in [1.82, 2.24) is 0 Å². The van der Waals surface area contributed by atoms with Crippen molar-refractivity contribution >= 4 is 0 Å². The van der Waals surface area contributed by atoms with E-state index in [9.17, 15) is 0 Å². The number of rotatable bonds is 3. The number of nitriles is 2. The van der Waals surface area contributed by atoms with Crippen molar-refractivity contribution in [3.05, 3.63) is 37.0 Å². The van der Waals surface area contributed by atoms with Gasteiger partial charge in [-0.25, -0.2) is 0 Å². The van der Waals surface area contributed by atoms with E-state index in [4.69, 9.17) is 10.5 Å². The van der Waals surface area contributed by atoms with Crippen LogP contribution in [0.4, 0.5) is 0 Å². The van der Waals surface area contributed by atoms with Crippen LogP contribution >= 0.6 is 0 Å². The first-order valence-electron chi connectivity index (χ1n) is 3.04. The number of hydrogen-bond donors (Lipinski definition) is 0. The van der Waals surface area contributed by atoms with Gasteiger partial charge in [0, 0.05) is 0 Å². The molecule has 0 aromatic rings. The molecule has 0 aliphatic carbocycles. The van der Waals surface area contributed by atoms with Gasteiger partial charge in [-0.2, -0.15) is 10.5 Å². The molecule has 0 aliphatic rings. The van der Waals surface area contributed by atoms with Crippen LogP contribution < -0.4 is 0 Å². The van der Waals surface area contributed by atoms with Gasteiger partial charge in [-0.3, -0.25) is 0 Å². The van der Waals surface area contributed by atoms with Crippen molar-refractivity contribution in [3.63, 3.8) is 0 Å². The monoisotopic (exact) mass is 144 g/mol. The molecule has 54 valence electrons. The van der Waals surface area contributed by atoms with Gasteiger partial charge in [-0.1, -0.05) is 31.4 Å². The van der Waals surface area contributed by atoms with Gasteiger partial charge in [0.25, 0.3) is 0 Å². The fraction of sp³-hybridized carbons (Fsp3) is 0.111. The standard InChI is InChI=1S/C9H8N2/c1-3-5-8(4-2)9(6-10)7-11/h3-5,9H,1-2H2. The molecule has 0 heterocycles. The second-order valence-corrected chi connectivity index (χ2v) is 1.80. The summed E-state index contributed by atoms with van der Waals surface area (Å²) < 4.78 is 0. The summed E-state index contributed by atoms with van der Waals surface area (Å²) in [5.74, 6) is -0.731. The lowest BCUT2D eigenvalue weighted by Gasteiger charge is -1.97. The normalized spacial score (nSPS) is 9.91. The molecule has 0 amide bonds. The van der Waals surface area contributed by atoms with Crippen molar-refractivity contribution in [2.45, 2.75) is 0 Å². The first-order valence-corrected chi connectivity index (χ1v) is 3.04. The van der Waals surface area contributed by atoms with Crippen molar-refractivity contribution in [2.24, 2.45) is 5.92 Å². The molecule has 0 unspecified atom stereocenters. The SMILES string of the molecule is C=CC=C(C=C)C(C#N)C#N. The topological polar surface area (TPSA) is 47.6 Å². The molecule has 0 N–H and O–H groups in total. The van der Waals surface area contributed by atoms with Crippen LogP contribution in [-0.2, 0) is 0 Å². The Labute approximate surface area is 66.4 Å². The van der Waals surface area contributed by atoms with E-state index in [2.05, 4.69) is 13.2 Å². The minimum Gasteiger partial charge on any atom is -0.196 e. The van der Waals surface area contributed by atoms with E-state index in [-0.39, 0.29) is 0 Å². The molecule has 0 atom stereocenters. The zero-order valence-corrected chi connectivity index (χ0v) is 6.12. The van der Waals surface area contributed by atoms with E-state index >= 15 is 0 Å². The number of allylic oxidation sites excluding steroid dienone is 4. The Hall–Kier alpha value is -1.80. The maximum Gasteiger partial charge on any atom is 0.158 e. The Morgan fingerprint density at radius 1 is 1.27 bits per heavy atom. The lowest BCUT2D eigenvalue weighted by molar-refractivity contribution is 1.03. The number of nitrogens with zero attached hydrogens (tertiary/aromatic N) is 2. The second kappa shape index (κ2) is 5.02. The smallest absolute Gasteiger partial charge is 0.158 e. The van der Waals surface area contributed by atoms with Gasteiger partial charge in [0.05, 0.1) is 12.1 Å². The van der Waals surface area contributed by atoms with Crippen molar-refractivity contribution < 1.29 is 0 Å². The first-order chi connectivity index (χ1) is 5.29. The molecule has 0 saturated heterocycles. The van der Waals surface area contributed by atoms with Crippen LogP contribution in [0.3, 0.4) is 0 Å². The molecule has 0 fully saturated rings. The van der Waals surface area contributed by atoms with Crippen molar-refractivity contribution in [2.75, 3.05) is 0 Å². The van der Waals surface area contributed by atoms with Crippen LogP contribution in [0.1, 0.15) is 0 Å². The Kier molecular flexibility index (Phi) is 4.20. The summed E-state index contributed by atoms with van der Waals surface area (Å²) in [7, 11) is 0.